The van der Waals surface area contributed by atoms with Gasteiger partial charge in [-0.1, -0.05) is 37.6 Å². The third-order valence-corrected chi connectivity index (χ3v) is 4.29. The van der Waals surface area contributed by atoms with Crippen molar-refractivity contribution in [3.63, 3.8) is 0 Å². The van der Waals surface area contributed by atoms with Crippen molar-refractivity contribution >= 4 is 5.91 Å². The van der Waals surface area contributed by atoms with E-state index >= 15 is 0 Å². The molecule has 2 atom stereocenters. The van der Waals surface area contributed by atoms with Gasteiger partial charge in [-0.15, -0.1) is 0 Å². The largest absolute Gasteiger partial charge is 0.354 e. The molecule has 2 rings (SSSR count). The summed E-state index contributed by atoms with van der Waals surface area (Å²) in [6.07, 6.45) is 5.15. The maximum Gasteiger partial charge on any atom is 0.239 e. The van der Waals surface area contributed by atoms with Gasteiger partial charge < -0.3 is 11.1 Å². The van der Waals surface area contributed by atoms with E-state index in [1.54, 1.807) is 0 Å². The molecule has 0 spiro atoms. The molecule has 3 heteroatoms. The highest BCUT2D eigenvalue weighted by molar-refractivity contribution is 5.85. The predicted molar refractivity (Wildman–Crippen MR) is 82.6 cm³/mol. The molecule has 1 amide bonds. The number of nitrogens with two attached hydrogens (primary N) is 1. The minimum Gasteiger partial charge on any atom is -0.354 e. The van der Waals surface area contributed by atoms with E-state index in [1.165, 1.54) is 17.5 Å². The van der Waals surface area contributed by atoms with E-state index < -0.39 is 5.54 Å². The first-order chi connectivity index (χ1) is 9.54. The lowest BCUT2D eigenvalue weighted by molar-refractivity contribution is -0.126. The van der Waals surface area contributed by atoms with Crippen molar-refractivity contribution in [2.75, 3.05) is 6.54 Å². The summed E-state index contributed by atoms with van der Waals surface area (Å²) in [6, 6.07) is 8.58. The lowest BCUT2D eigenvalue weighted by Crippen LogP contribution is -2.52. The first-order valence-electron chi connectivity index (χ1n) is 7.69. The summed E-state index contributed by atoms with van der Waals surface area (Å²) in [5.41, 5.74) is 8.15. The van der Waals surface area contributed by atoms with E-state index in [-0.39, 0.29) is 5.91 Å². The van der Waals surface area contributed by atoms with Crippen LogP contribution in [0.2, 0.25) is 0 Å². The Kier molecular flexibility index (Phi) is 4.81. The maximum absolute atomic E-state index is 12.2. The minimum atomic E-state index is -0.747. The van der Waals surface area contributed by atoms with Crippen LogP contribution >= 0.6 is 0 Å². The number of amides is 1. The van der Waals surface area contributed by atoms with Crippen LogP contribution in [0.4, 0.5) is 0 Å². The van der Waals surface area contributed by atoms with Gasteiger partial charge in [0.1, 0.15) is 0 Å². The topological polar surface area (TPSA) is 55.1 Å². The molecule has 0 bridgehead atoms. The summed E-state index contributed by atoms with van der Waals surface area (Å²) in [4.78, 5) is 12.2. The van der Waals surface area contributed by atoms with Gasteiger partial charge in [-0.3, -0.25) is 4.79 Å². The molecule has 20 heavy (non-hydrogen) atoms. The fourth-order valence-electron chi connectivity index (χ4n) is 3.12. The lowest BCUT2D eigenvalue weighted by atomic mass is 9.82. The molecule has 3 N–H and O–H groups in total. The van der Waals surface area contributed by atoms with E-state index in [0.717, 1.165) is 25.7 Å². The number of benzene rings is 1. The van der Waals surface area contributed by atoms with Gasteiger partial charge in [0.05, 0.1) is 5.54 Å². The summed E-state index contributed by atoms with van der Waals surface area (Å²) >= 11 is 0. The number of fused-ring (bicyclic) bond motifs is 1. The Morgan fingerprint density at radius 3 is 2.95 bits per heavy atom. The molecule has 3 nitrogen and oxygen atoms in total. The van der Waals surface area contributed by atoms with Crippen molar-refractivity contribution < 1.29 is 4.79 Å². The summed E-state index contributed by atoms with van der Waals surface area (Å²) < 4.78 is 0. The van der Waals surface area contributed by atoms with Crippen molar-refractivity contribution in [3.05, 3.63) is 35.4 Å². The second kappa shape index (κ2) is 6.40. The van der Waals surface area contributed by atoms with Crippen LogP contribution < -0.4 is 11.1 Å². The van der Waals surface area contributed by atoms with E-state index in [2.05, 4.69) is 36.5 Å². The zero-order chi connectivity index (χ0) is 14.6. The van der Waals surface area contributed by atoms with Gasteiger partial charge in [0.15, 0.2) is 0 Å². The zero-order valence-electron chi connectivity index (χ0n) is 12.6. The molecule has 0 radical (unpaired) electrons. The molecule has 1 aliphatic rings. The van der Waals surface area contributed by atoms with Gasteiger partial charge in [-0.2, -0.15) is 0 Å². The van der Waals surface area contributed by atoms with Gasteiger partial charge in [-0.05, 0) is 43.7 Å². The highest BCUT2D eigenvalue weighted by Crippen LogP contribution is 2.30. The number of aryl methyl sites for hydroxylation is 1. The lowest BCUT2D eigenvalue weighted by Gasteiger charge is -2.28. The van der Waals surface area contributed by atoms with Crippen molar-refractivity contribution in [2.45, 2.75) is 57.4 Å². The molecule has 1 aliphatic carbocycles. The molecule has 0 fully saturated rings. The molecule has 0 saturated carbocycles. The fourth-order valence-corrected chi connectivity index (χ4v) is 3.12. The van der Waals surface area contributed by atoms with Gasteiger partial charge >= 0.3 is 0 Å². The second-order valence-electron chi connectivity index (χ2n) is 6.17. The van der Waals surface area contributed by atoms with E-state index in [0.29, 0.717) is 12.5 Å². The number of hydrogen-bond acceptors (Lipinski definition) is 2. The van der Waals surface area contributed by atoms with Crippen LogP contribution in [0.3, 0.4) is 0 Å². The summed E-state index contributed by atoms with van der Waals surface area (Å²) in [5.74, 6) is 0.406. The molecule has 0 heterocycles. The summed E-state index contributed by atoms with van der Waals surface area (Å²) in [6.45, 7) is 4.57. The molecule has 1 aromatic carbocycles. The van der Waals surface area contributed by atoms with E-state index in [4.69, 9.17) is 5.73 Å². The average molecular weight is 274 g/mol. The van der Waals surface area contributed by atoms with Crippen molar-refractivity contribution in [3.8, 4) is 0 Å². The highest BCUT2D eigenvalue weighted by Gasteiger charge is 2.28. The molecule has 0 aromatic heterocycles. The smallest absolute Gasteiger partial charge is 0.239 e. The number of hydrogen-bond donors (Lipinski definition) is 2. The molecule has 2 unspecified atom stereocenters. The third kappa shape index (κ3) is 3.40. The quantitative estimate of drug-likeness (QED) is 0.867. The molecule has 110 valence electrons. The van der Waals surface area contributed by atoms with Gasteiger partial charge in [0.2, 0.25) is 5.91 Å². The Hall–Kier alpha value is -1.35. The third-order valence-electron chi connectivity index (χ3n) is 4.29. The Bertz CT molecular complexity index is 468. The van der Waals surface area contributed by atoms with E-state index in [9.17, 15) is 4.79 Å². The molecule has 0 aliphatic heterocycles. The van der Waals surface area contributed by atoms with Crippen LogP contribution in [0.15, 0.2) is 24.3 Å². The van der Waals surface area contributed by atoms with Gasteiger partial charge in [-0.25, -0.2) is 0 Å². The fraction of sp³-hybridized carbons (Fsp3) is 0.588. The number of carbonyl (C=O) groups excluding carboxylic acids is 1. The SMILES string of the molecule is CCCC(C)(N)C(=O)NCC1CCCc2ccccc21. The van der Waals surface area contributed by atoms with Crippen LogP contribution in [0.5, 0.6) is 0 Å². The number of nitrogens with one attached hydrogen (secondary N) is 1. The van der Waals surface area contributed by atoms with Crippen LogP contribution in [-0.4, -0.2) is 18.0 Å². The Morgan fingerprint density at radius 1 is 1.45 bits per heavy atom. The average Bonchev–Trinajstić information content (AvgIpc) is 2.44. The second-order valence-corrected chi connectivity index (χ2v) is 6.17. The van der Waals surface area contributed by atoms with Crippen LogP contribution in [0, 0.1) is 0 Å². The predicted octanol–water partition coefficient (Wildman–Crippen LogP) is 2.74. The summed E-state index contributed by atoms with van der Waals surface area (Å²) in [5, 5.41) is 3.05. The van der Waals surface area contributed by atoms with Crippen molar-refractivity contribution in [1.29, 1.82) is 0 Å². The standard InChI is InChI=1S/C17H26N2O/c1-3-11-17(2,18)16(20)19-12-14-9-6-8-13-7-4-5-10-15(13)14/h4-5,7,10,14H,3,6,8-9,11-12,18H2,1-2H3,(H,19,20). The van der Waals surface area contributed by atoms with Gasteiger partial charge in [0.25, 0.3) is 0 Å². The summed E-state index contributed by atoms with van der Waals surface area (Å²) in [7, 11) is 0. The molecule has 1 aromatic rings. The first kappa shape index (κ1) is 15.0. The monoisotopic (exact) mass is 274 g/mol. The zero-order valence-corrected chi connectivity index (χ0v) is 12.6. The Balaban J connectivity index is 1.97. The van der Waals surface area contributed by atoms with Crippen LogP contribution in [0.1, 0.15) is 56.6 Å². The number of rotatable bonds is 5. The van der Waals surface area contributed by atoms with Crippen molar-refractivity contribution in [1.82, 2.24) is 5.32 Å². The van der Waals surface area contributed by atoms with E-state index in [1.807, 2.05) is 6.92 Å². The minimum absolute atomic E-state index is 0.0256. The Morgan fingerprint density at radius 2 is 2.20 bits per heavy atom. The van der Waals surface area contributed by atoms with Gasteiger partial charge in [0, 0.05) is 12.5 Å². The molecular formula is C17H26N2O. The molecule has 0 saturated heterocycles. The number of carbonyl (C=O) groups is 1. The normalized spacial score (nSPS) is 20.9. The van der Waals surface area contributed by atoms with Crippen molar-refractivity contribution in [2.24, 2.45) is 5.73 Å². The van der Waals surface area contributed by atoms with Crippen LogP contribution in [-0.2, 0) is 11.2 Å². The first-order valence-corrected chi connectivity index (χ1v) is 7.69. The Labute approximate surface area is 121 Å². The highest BCUT2D eigenvalue weighted by atomic mass is 16.2. The molecular weight excluding hydrogens is 248 g/mol. The van der Waals surface area contributed by atoms with Crippen LogP contribution in [0.25, 0.3) is 0 Å². The maximum atomic E-state index is 12.2.